The summed E-state index contributed by atoms with van der Waals surface area (Å²) in [6.45, 7) is 4.48. The molecule has 0 aliphatic rings. The molecule has 0 aliphatic carbocycles. The standard InChI is InChI=1S/2C18H28O2.Zn/c2*1-2-3-4-5-6-7-8-9-10-11-12-13-14-15-16-17-18(19)20;/h2*2-10,15-17H2,1H3,(H,19,20);/q;;+2/p-2. The molecule has 0 amide bonds. The number of carboxylic acid groups (broad SMARTS) is 2. The van der Waals surface area contributed by atoms with Gasteiger partial charge in [-0.15, -0.1) is 0 Å². The van der Waals surface area contributed by atoms with E-state index in [1.54, 1.807) is 0 Å². The van der Waals surface area contributed by atoms with E-state index in [9.17, 15) is 19.8 Å². The molecular formula is C36H54O4Zn. The molecular weight excluding hydrogens is 562 g/mol. The SMILES string of the molecule is CCCCCCCCCCC#CC#CCCCC(=O)[O-].CCCCCCCCCCC#CC#CCCCC(=O)[O-].[Zn+2]. The average Bonchev–Trinajstić information content (AvgIpc) is 2.93. The Balaban J connectivity index is -0.000000688. The van der Waals surface area contributed by atoms with Crippen LogP contribution in [0.4, 0.5) is 0 Å². The molecule has 0 saturated carbocycles. The van der Waals surface area contributed by atoms with Crippen LogP contribution in [0.3, 0.4) is 0 Å². The van der Waals surface area contributed by atoms with Crippen molar-refractivity contribution in [2.24, 2.45) is 0 Å². The molecule has 0 bridgehead atoms. The molecule has 224 valence electrons. The van der Waals surface area contributed by atoms with E-state index >= 15 is 0 Å². The van der Waals surface area contributed by atoms with Crippen LogP contribution in [0.2, 0.25) is 0 Å². The number of carbonyl (C=O) groups is 2. The second kappa shape index (κ2) is 39.9. The van der Waals surface area contributed by atoms with Gasteiger partial charge < -0.3 is 19.8 Å². The summed E-state index contributed by atoms with van der Waals surface area (Å²) >= 11 is 0. The van der Waals surface area contributed by atoms with Gasteiger partial charge in [0, 0.05) is 37.6 Å². The Hall–Kier alpha value is -2.20. The van der Waals surface area contributed by atoms with E-state index in [1.807, 2.05) is 0 Å². The van der Waals surface area contributed by atoms with Crippen molar-refractivity contribution in [2.75, 3.05) is 0 Å². The monoisotopic (exact) mass is 614 g/mol. The summed E-state index contributed by atoms with van der Waals surface area (Å²) in [7, 11) is 0. The molecule has 0 radical (unpaired) electrons. The van der Waals surface area contributed by atoms with Gasteiger partial charge in [-0.2, -0.15) is 0 Å². The minimum Gasteiger partial charge on any atom is -0.550 e. The molecule has 0 rings (SSSR count). The van der Waals surface area contributed by atoms with Gasteiger partial charge in [0.15, 0.2) is 0 Å². The maximum atomic E-state index is 10.1. The van der Waals surface area contributed by atoms with E-state index < -0.39 is 11.9 Å². The van der Waals surface area contributed by atoms with Crippen molar-refractivity contribution in [3.8, 4) is 47.4 Å². The van der Waals surface area contributed by atoms with Gasteiger partial charge in [-0.3, -0.25) is 0 Å². The first-order valence-electron chi connectivity index (χ1n) is 15.9. The van der Waals surface area contributed by atoms with Crippen LogP contribution in [0, 0.1) is 47.4 Å². The number of carboxylic acids is 2. The van der Waals surface area contributed by atoms with Gasteiger partial charge in [-0.05, 0) is 62.2 Å². The topological polar surface area (TPSA) is 80.3 Å². The fraction of sp³-hybridized carbons (Fsp3) is 0.722. The van der Waals surface area contributed by atoms with Crippen LogP contribution in [-0.2, 0) is 29.1 Å². The molecule has 0 aromatic carbocycles. The predicted octanol–water partition coefficient (Wildman–Crippen LogP) is 6.89. The van der Waals surface area contributed by atoms with Crippen molar-refractivity contribution >= 4 is 11.9 Å². The van der Waals surface area contributed by atoms with Gasteiger partial charge in [0.25, 0.3) is 0 Å². The van der Waals surface area contributed by atoms with E-state index in [-0.39, 0.29) is 32.3 Å². The molecule has 0 aromatic rings. The summed E-state index contributed by atoms with van der Waals surface area (Å²) in [4.78, 5) is 20.3. The average molecular weight is 616 g/mol. The summed E-state index contributed by atoms with van der Waals surface area (Å²) in [5.74, 6) is 20.9. The van der Waals surface area contributed by atoms with Crippen molar-refractivity contribution in [2.45, 2.75) is 168 Å². The van der Waals surface area contributed by atoms with Crippen LogP contribution in [0.15, 0.2) is 0 Å². The van der Waals surface area contributed by atoms with Gasteiger partial charge in [-0.1, -0.05) is 127 Å². The van der Waals surface area contributed by atoms with Crippen LogP contribution >= 0.6 is 0 Å². The minimum atomic E-state index is -1.01. The molecule has 0 atom stereocenters. The Bertz CT molecular complexity index is 777. The molecule has 5 heteroatoms. The fourth-order valence-electron chi connectivity index (χ4n) is 3.76. The van der Waals surface area contributed by atoms with Crippen molar-refractivity contribution < 1.29 is 39.3 Å². The first kappa shape index (κ1) is 43.3. The molecule has 41 heavy (non-hydrogen) atoms. The molecule has 0 unspecified atom stereocenters. The molecule has 0 heterocycles. The summed E-state index contributed by atoms with van der Waals surface area (Å²) in [6, 6.07) is 0. The van der Waals surface area contributed by atoms with E-state index in [0.29, 0.717) is 25.7 Å². The third-order valence-corrected chi connectivity index (χ3v) is 6.15. The van der Waals surface area contributed by atoms with Gasteiger partial charge in [0.2, 0.25) is 0 Å². The number of unbranched alkanes of at least 4 members (excludes halogenated alkanes) is 18. The van der Waals surface area contributed by atoms with Crippen molar-refractivity contribution in [1.82, 2.24) is 0 Å². The molecule has 0 N–H and O–H groups in total. The Kier molecular flexibility index (Phi) is 42.1. The van der Waals surface area contributed by atoms with Gasteiger partial charge in [-0.25, -0.2) is 0 Å². The zero-order valence-electron chi connectivity index (χ0n) is 26.3. The molecule has 0 spiro atoms. The maximum Gasteiger partial charge on any atom is 2.00 e. The smallest absolute Gasteiger partial charge is 0.550 e. The Labute approximate surface area is 265 Å². The first-order chi connectivity index (χ1) is 19.5. The zero-order valence-corrected chi connectivity index (χ0v) is 29.3. The summed E-state index contributed by atoms with van der Waals surface area (Å²) in [5.41, 5.74) is 0. The van der Waals surface area contributed by atoms with Crippen molar-refractivity contribution in [3.05, 3.63) is 0 Å². The molecule has 0 fully saturated rings. The molecule has 0 saturated heterocycles. The van der Waals surface area contributed by atoms with Crippen LogP contribution in [0.5, 0.6) is 0 Å². The Morgan fingerprint density at radius 2 is 0.659 bits per heavy atom. The van der Waals surface area contributed by atoms with Gasteiger partial charge in [0.05, 0.1) is 0 Å². The second-order valence-electron chi connectivity index (χ2n) is 10.1. The zero-order chi connectivity index (χ0) is 29.8. The molecule has 4 nitrogen and oxygen atoms in total. The van der Waals surface area contributed by atoms with Crippen molar-refractivity contribution in [1.29, 1.82) is 0 Å². The summed E-state index contributed by atoms with van der Waals surface area (Å²) in [6.07, 6.45) is 25.3. The first-order valence-corrected chi connectivity index (χ1v) is 15.9. The van der Waals surface area contributed by atoms with Crippen LogP contribution < -0.4 is 10.2 Å². The Morgan fingerprint density at radius 3 is 0.927 bits per heavy atom. The third kappa shape index (κ3) is 47.9. The van der Waals surface area contributed by atoms with E-state index in [2.05, 4.69) is 61.2 Å². The van der Waals surface area contributed by atoms with E-state index in [0.717, 1.165) is 25.7 Å². The third-order valence-electron chi connectivity index (χ3n) is 6.15. The van der Waals surface area contributed by atoms with Crippen molar-refractivity contribution in [3.63, 3.8) is 0 Å². The molecule has 0 aromatic heterocycles. The number of hydrogen-bond donors (Lipinski definition) is 0. The summed E-state index contributed by atoms with van der Waals surface area (Å²) in [5, 5.41) is 20.3. The number of aliphatic carboxylic acids is 2. The normalized spacial score (nSPS) is 9.02. The molecule has 0 aliphatic heterocycles. The van der Waals surface area contributed by atoms with Gasteiger partial charge in [0.1, 0.15) is 0 Å². The van der Waals surface area contributed by atoms with Gasteiger partial charge >= 0.3 is 19.5 Å². The quantitative estimate of drug-likeness (QED) is 0.0755. The maximum absolute atomic E-state index is 10.1. The van der Waals surface area contributed by atoms with Crippen LogP contribution in [-0.4, -0.2) is 11.9 Å². The van der Waals surface area contributed by atoms with E-state index in [1.165, 1.54) is 89.9 Å². The second-order valence-corrected chi connectivity index (χ2v) is 10.1. The largest absolute Gasteiger partial charge is 2.00 e. The van der Waals surface area contributed by atoms with Crippen LogP contribution in [0.1, 0.15) is 168 Å². The fourth-order valence-corrected chi connectivity index (χ4v) is 3.76. The minimum absolute atomic E-state index is 0. The summed E-state index contributed by atoms with van der Waals surface area (Å²) < 4.78 is 0. The predicted molar refractivity (Wildman–Crippen MR) is 163 cm³/mol. The van der Waals surface area contributed by atoms with Crippen LogP contribution in [0.25, 0.3) is 0 Å². The number of hydrogen-bond acceptors (Lipinski definition) is 4. The number of rotatable bonds is 22. The Morgan fingerprint density at radius 1 is 0.415 bits per heavy atom. The van der Waals surface area contributed by atoms with E-state index in [4.69, 9.17) is 0 Å². The number of carbonyl (C=O) groups excluding carboxylic acids is 2.